The number of halogens is 1. The van der Waals surface area contributed by atoms with Gasteiger partial charge in [-0.25, -0.2) is 10.2 Å². The molecule has 1 atom stereocenters. The van der Waals surface area contributed by atoms with E-state index in [9.17, 15) is 4.79 Å². The van der Waals surface area contributed by atoms with E-state index in [1.54, 1.807) is 0 Å². The molecule has 0 saturated carbocycles. The summed E-state index contributed by atoms with van der Waals surface area (Å²) < 4.78 is 5.96. The summed E-state index contributed by atoms with van der Waals surface area (Å²) in [4.78, 5) is 12.0. The van der Waals surface area contributed by atoms with Crippen LogP contribution in [-0.2, 0) is 16.0 Å². The van der Waals surface area contributed by atoms with Crippen LogP contribution in [0, 0.1) is 0 Å². The van der Waals surface area contributed by atoms with Crippen molar-refractivity contribution in [2.45, 2.75) is 26.3 Å². The molecule has 4 nitrogen and oxygen atoms in total. The van der Waals surface area contributed by atoms with E-state index in [0.717, 1.165) is 22.3 Å². The molecule has 108 valence electrons. The third kappa shape index (κ3) is 3.04. The molecule has 0 amide bonds. The number of carbonyl (C=O) groups excluding carboxylic acids is 1. The van der Waals surface area contributed by atoms with Crippen molar-refractivity contribution in [3.8, 4) is 0 Å². The molecular formula is C15H19BrN2O2. The predicted octanol–water partition coefficient (Wildman–Crippen LogP) is 2.65. The number of hydrazine groups is 1. The number of nitrogens with zero attached hydrogens (tertiary/aromatic N) is 1. The summed E-state index contributed by atoms with van der Waals surface area (Å²) in [5.74, 6) is -0.256. The molecule has 5 heteroatoms. The second-order valence-corrected chi connectivity index (χ2v) is 5.67. The van der Waals surface area contributed by atoms with Crippen LogP contribution in [-0.4, -0.2) is 30.7 Å². The zero-order valence-corrected chi connectivity index (χ0v) is 13.5. The van der Waals surface area contributed by atoms with E-state index in [2.05, 4.69) is 40.4 Å². The average molecular weight is 339 g/mol. The van der Waals surface area contributed by atoms with Crippen LogP contribution in [0.2, 0.25) is 0 Å². The van der Waals surface area contributed by atoms with Gasteiger partial charge in [0.05, 0.1) is 18.7 Å². The van der Waals surface area contributed by atoms with Gasteiger partial charge in [0.1, 0.15) is 0 Å². The largest absolute Gasteiger partial charge is 0.466 e. The summed E-state index contributed by atoms with van der Waals surface area (Å²) >= 11 is 3.43. The number of hydrogen-bond donors (Lipinski definition) is 1. The lowest BCUT2D eigenvalue weighted by Crippen LogP contribution is -2.36. The van der Waals surface area contributed by atoms with Gasteiger partial charge < -0.3 is 9.75 Å². The smallest absolute Gasteiger partial charge is 0.337 e. The maximum atomic E-state index is 12.0. The molecule has 0 aromatic heterocycles. The SMILES string of the molecule is CCN1NC(C)C(C(=O)OC)=C1Cc1ccc(Br)cc1. The minimum absolute atomic E-state index is 0.0205. The molecule has 0 fully saturated rings. The summed E-state index contributed by atoms with van der Waals surface area (Å²) in [5.41, 5.74) is 6.18. The quantitative estimate of drug-likeness (QED) is 0.857. The number of carbonyl (C=O) groups is 1. The molecule has 1 heterocycles. The van der Waals surface area contributed by atoms with Crippen LogP contribution in [0.1, 0.15) is 19.4 Å². The Labute approximate surface area is 127 Å². The van der Waals surface area contributed by atoms with Crippen LogP contribution in [0.5, 0.6) is 0 Å². The van der Waals surface area contributed by atoms with Gasteiger partial charge in [-0.3, -0.25) is 0 Å². The van der Waals surface area contributed by atoms with Crippen molar-refractivity contribution in [2.75, 3.05) is 13.7 Å². The first-order valence-electron chi connectivity index (χ1n) is 6.66. The van der Waals surface area contributed by atoms with E-state index in [-0.39, 0.29) is 12.0 Å². The van der Waals surface area contributed by atoms with Gasteiger partial charge in [-0.05, 0) is 31.5 Å². The third-order valence-corrected chi connectivity index (χ3v) is 3.95. The van der Waals surface area contributed by atoms with Gasteiger partial charge in [-0.2, -0.15) is 0 Å². The normalized spacial score (nSPS) is 18.6. The van der Waals surface area contributed by atoms with E-state index >= 15 is 0 Å². The number of esters is 1. The van der Waals surface area contributed by atoms with Gasteiger partial charge in [0.15, 0.2) is 0 Å². The van der Waals surface area contributed by atoms with Crippen molar-refractivity contribution in [1.82, 2.24) is 10.4 Å². The van der Waals surface area contributed by atoms with Gasteiger partial charge in [0, 0.05) is 23.1 Å². The molecule has 1 aliphatic rings. The maximum Gasteiger partial charge on any atom is 0.337 e. The molecule has 0 saturated heterocycles. The lowest BCUT2D eigenvalue weighted by molar-refractivity contribution is -0.136. The van der Waals surface area contributed by atoms with Crippen LogP contribution in [0.25, 0.3) is 0 Å². The van der Waals surface area contributed by atoms with Gasteiger partial charge in [-0.1, -0.05) is 28.1 Å². The van der Waals surface area contributed by atoms with Crippen LogP contribution in [0.15, 0.2) is 40.0 Å². The Morgan fingerprint density at radius 2 is 2.05 bits per heavy atom. The molecule has 1 N–H and O–H groups in total. The molecule has 1 aromatic carbocycles. The van der Waals surface area contributed by atoms with E-state index in [0.29, 0.717) is 6.42 Å². The highest BCUT2D eigenvalue weighted by atomic mass is 79.9. The Balaban J connectivity index is 2.33. The van der Waals surface area contributed by atoms with Crippen molar-refractivity contribution >= 4 is 21.9 Å². The number of rotatable bonds is 4. The van der Waals surface area contributed by atoms with Crippen molar-refractivity contribution in [3.63, 3.8) is 0 Å². The minimum Gasteiger partial charge on any atom is -0.466 e. The number of hydrogen-bond acceptors (Lipinski definition) is 4. The molecule has 0 bridgehead atoms. The topological polar surface area (TPSA) is 41.6 Å². The highest BCUT2D eigenvalue weighted by Gasteiger charge is 2.32. The number of benzene rings is 1. The minimum atomic E-state index is -0.256. The van der Waals surface area contributed by atoms with Crippen molar-refractivity contribution in [2.24, 2.45) is 0 Å². The second-order valence-electron chi connectivity index (χ2n) is 4.75. The predicted molar refractivity (Wildman–Crippen MR) is 81.9 cm³/mol. The molecule has 0 spiro atoms. The summed E-state index contributed by atoms with van der Waals surface area (Å²) in [7, 11) is 1.42. The van der Waals surface area contributed by atoms with Gasteiger partial charge in [-0.15, -0.1) is 0 Å². The average Bonchev–Trinajstić information content (AvgIpc) is 2.76. The van der Waals surface area contributed by atoms with Crippen molar-refractivity contribution in [1.29, 1.82) is 0 Å². The lowest BCUT2D eigenvalue weighted by Gasteiger charge is -2.21. The Morgan fingerprint density at radius 3 is 2.60 bits per heavy atom. The fraction of sp³-hybridized carbons (Fsp3) is 0.400. The number of allylic oxidation sites excluding steroid dienone is 1. The molecule has 1 aliphatic heterocycles. The number of nitrogens with one attached hydrogen (secondary N) is 1. The molecule has 0 radical (unpaired) electrons. The Hall–Kier alpha value is -1.33. The standard InChI is InChI=1S/C15H19BrN2O2/c1-4-18-13(9-11-5-7-12(16)8-6-11)14(10(2)17-18)15(19)20-3/h5-8,10,17H,4,9H2,1-3H3. The van der Waals surface area contributed by atoms with E-state index in [1.807, 2.05) is 24.1 Å². The number of likely N-dealkylation sites (N-methyl/N-ethyl adjacent to an activating group) is 1. The first-order valence-corrected chi connectivity index (χ1v) is 7.45. The summed E-state index contributed by atoms with van der Waals surface area (Å²) in [5, 5.41) is 2.03. The molecule has 1 aromatic rings. The van der Waals surface area contributed by atoms with Crippen LogP contribution in [0.4, 0.5) is 0 Å². The van der Waals surface area contributed by atoms with Gasteiger partial charge >= 0.3 is 5.97 Å². The zero-order valence-electron chi connectivity index (χ0n) is 11.9. The summed E-state index contributed by atoms with van der Waals surface area (Å²) in [6.45, 7) is 4.84. The zero-order chi connectivity index (χ0) is 14.7. The lowest BCUT2D eigenvalue weighted by atomic mass is 10.0. The maximum absolute atomic E-state index is 12.0. The van der Waals surface area contributed by atoms with Crippen molar-refractivity contribution in [3.05, 3.63) is 45.6 Å². The molecule has 2 rings (SSSR count). The highest BCUT2D eigenvalue weighted by Crippen LogP contribution is 2.25. The first-order chi connectivity index (χ1) is 9.56. The molecular weight excluding hydrogens is 320 g/mol. The third-order valence-electron chi connectivity index (χ3n) is 3.43. The number of ether oxygens (including phenoxy) is 1. The van der Waals surface area contributed by atoms with E-state index < -0.39 is 0 Å². The van der Waals surface area contributed by atoms with Crippen LogP contribution < -0.4 is 5.43 Å². The summed E-state index contributed by atoms with van der Waals surface area (Å²) in [6, 6.07) is 8.12. The summed E-state index contributed by atoms with van der Waals surface area (Å²) in [6.07, 6.45) is 0.711. The number of methoxy groups -OCH3 is 1. The van der Waals surface area contributed by atoms with Gasteiger partial charge in [0.2, 0.25) is 0 Å². The molecule has 1 unspecified atom stereocenters. The fourth-order valence-corrected chi connectivity index (χ4v) is 2.71. The first kappa shape index (κ1) is 15.1. The van der Waals surface area contributed by atoms with Crippen LogP contribution >= 0.6 is 15.9 Å². The fourth-order valence-electron chi connectivity index (χ4n) is 2.44. The van der Waals surface area contributed by atoms with E-state index in [1.165, 1.54) is 12.7 Å². The Bertz CT molecular complexity index is 525. The molecule has 0 aliphatic carbocycles. The molecule has 20 heavy (non-hydrogen) atoms. The highest BCUT2D eigenvalue weighted by molar-refractivity contribution is 9.10. The monoisotopic (exact) mass is 338 g/mol. The Kier molecular flexibility index (Phi) is 4.83. The van der Waals surface area contributed by atoms with Gasteiger partial charge in [0.25, 0.3) is 0 Å². The van der Waals surface area contributed by atoms with E-state index in [4.69, 9.17) is 4.74 Å². The second kappa shape index (κ2) is 6.41. The Morgan fingerprint density at radius 1 is 1.40 bits per heavy atom. The van der Waals surface area contributed by atoms with Crippen molar-refractivity contribution < 1.29 is 9.53 Å². The van der Waals surface area contributed by atoms with Crippen LogP contribution in [0.3, 0.4) is 0 Å².